The van der Waals surface area contributed by atoms with E-state index in [1.165, 1.54) is 192 Å². The summed E-state index contributed by atoms with van der Waals surface area (Å²) in [5.74, 6) is 0. The molecule has 0 aliphatic carbocycles. The van der Waals surface area contributed by atoms with Crippen molar-refractivity contribution in [2.75, 3.05) is 0 Å². The SMILES string of the molecule is Cc1cc(C)cc(C)c1.Cc1ccc(-c2ccccc2)c2ccccc12.Cc1ccc2c(c1)oc1ccccc12.Cc1ccc2cc(-c3ccccc3)ccc2c1.Cc1ccc2ccc(-c3ccccc3)cc2c1.Cc1ccc2oc3ccccc3c2c1.Cc1cccc2c(-c3ccccc3)cccc12.Cc1cccc2c1oc1ccccc12.Cc1cccc2oc3ccccc3c12. The van der Waals surface area contributed by atoms with Gasteiger partial charge in [-0.1, -0.05) is 428 Å². The van der Waals surface area contributed by atoms with Crippen molar-refractivity contribution in [2.45, 2.75) is 76.2 Å². The molecule has 4 aromatic heterocycles. The highest BCUT2D eigenvalue weighted by Crippen LogP contribution is 2.38. The van der Waals surface area contributed by atoms with Crippen molar-refractivity contribution < 1.29 is 17.7 Å². The van der Waals surface area contributed by atoms with Crippen LogP contribution in [0.2, 0.25) is 0 Å². The van der Waals surface area contributed by atoms with Crippen molar-refractivity contribution >= 4 is 131 Å². The summed E-state index contributed by atoms with van der Waals surface area (Å²) in [6.45, 7) is 23.3. The highest BCUT2D eigenvalue weighted by Gasteiger charge is 2.13. The van der Waals surface area contributed by atoms with E-state index >= 15 is 0 Å². The second kappa shape index (κ2) is 41.5. The molecular formula is C129H108O4. The van der Waals surface area contributed by atoms with Crippen molar-refractivity contribution in [1.29, 1.82) is 0 Å². The van der Waals surface area contributed by atoms with Gasteiger partial charge in [-0.05, 0) is 252 Å². The number of hydrogen-bond donors (Lipinski definition) is 0. The molecule has 0 amide bonds. The van der Waals surface area contributed by atoms with E-state index in [9.17, 15) is 0 Å². The Balaban J connectivity index is 0.000000105. The number of furan rings is 4. The lowest BCUT2D eigenvalue weighted by Crippen LogP contribution is -1.83. The molecule has 648 valence electrons. The van der Waals surface area contributed by atoms with E-state index in [0.717, 1.165) is 44.7 Å². The highest BCUT2D eigenvalue weighted by atomic mass is 16.3. The molecule has 133 heavy (non-hydrogen) atoms. The number of rotatable bonds is 4. The number of aryl methyl sites for hydroxylation is 11. The number of benzene rings is 21. The molecule has 0 bridgehead atoms. The van der Waals surface area contributed by atoms with Crippen molar-refractivity contribution in [1.82, 2.24) is 0 Å². The largest absolute Gasteiger partial charge is 0.456 e. The van der Waals surface area contributed by atoms with Gasteiger partial charge in [0.15, 0.2) is 0 Å². The van der Waals surface area contributed by atoms with E-state index in [1.807, 2.05) is 97.1 Å². The molecule has 0 saturated heterocycles. The predicted molar refractivity (Wildman–Crippen MR) is 571 cm³/mol. The van der Waals surface area contributed by atoms with Gasteiger partial charge in [-0.2, -0.15) is 0 Å². The molecule has 0 N–H and O–H groups in total. The third-order valence-electron chi connectivity index (χ3n) is 24.3. The van der Waals surface area contributed by atoms with Crippen molar-refractivity contribution in [3.8, 4) is 44.5 Å². The molecule has 0 saturated carbocycles. The van der Waals surface area contributed by atoms with E-state index in [0.29, 0.717) is 0 Å². The second-order valence-corrected chi connectivity index (χ2v) is 34.5. The van der Waals surface area contributed by atoms with E-state index in [-0.39, 0.29) is 0 Å². The van der Waals surface area contributed by atoms with Gasteiger partial charge in [0, 0.05) is 43.1 Å². The zero-order chi connectivity index (χ0) is 91.7. The molecule has 0 aliphatic rings. The monoisotopic (exact) mass is 1720 g/mol. The van der Waals surface area contributed by atoms with Gasteiger partial charge in [-0.15, -0.1) is 0 Å². The van der Waals surface area contributed by atoms with Crippen LogP contribution in [0.15, 0.2) is 473 Å². The Hall–Kier alpha value is -16.1. The van der Waals surface area contributed by atoms with Gasteiger partial charge in [-0.25, -0.2) is 0 Å². The summed E-state index contributed by atoms with van der Waals surface area (Å²) >= 11 is 0. The normalized spacial score (nSPS) is 10.8. The lowest BCUT2D eigenvalue weighted by molar-refractivity contribution is 0.665. The van der Waals surface area contributed by atoms with Crippen LogP contribution in [0.1, 0.15) is 61.2 Å². The maximum atomic E-state index is 5.78. The molecule has 25 aromatic rings. The average molecular weight is 1720 g/mol. The molecule has 0 atom stereocenters. The van der Waals surface area contributed by atoms with Crippen LogP contribution in [-0.4, -0.2) is 0 Å². The van der Waals surface area contributed by atoms with Crippen molar-refractivity contribution in [3.63, 3.8) is 0 Å². The van der Waals surface area contributed by atoms with E-state index in [4.69, 9.17) is 17.7 Å². The first-order chi connectivity index (χ1) is 65.0. The summed E-state index contributed by atoms with van der Waals surface area (Å²) in [6.07, 6.45) is 0. The van der Waals surface area contributed by atoms with Crippen LogP contribution in [0, 0.1) is 76.2 Å². The summed E-state index contributed by atoms with van der Waals surface area (Å²) in [6, 6.07) is 159. The molecule has 0 fully saturated rings. The molecule has 0 radical (unpaired) electrons. The van der Waals surface area contributed by atoms with Crippen molar-refractivity contribution in [2.24, 2.45) is 0 Å². The Labute approximate surface area is 780 Å². The number of hydrogen-bond acceptors (Lipinski definition) is 4. The fraction of sp³-hybridized carbons (Fsp3) is 0.0853. The van der Waals surface area contributed by atoms with E-state index in [1.54, 1.807) is 0 Å². The number of para-hydroxylation sites is 5. The first-order valence-corrected chi connectivity index (χ1v) is 45.7. The fourth-order valence-electron chi connectivity index (χ4n) is 17.7. The van der Waals surface area contributed by atoms with E-state index in [2.05, 4.69) is 434 Å². The third kappa shape index (κ3) is 21.3. The minimum atomic E-state index is 0.966. The smallest absolute Gasteiger partial charge is 0.138 e. The molecule has 25 rings (SSSR count). The van der Waals surface area contributed by atoms with Crippen LogP contribution in [-0.2, 0) is 0 Å². The average Bonchev–Trinajstić information content (AvgIpc) is 1.07. The lowest BCUT2D eigenvalue weighted by Gasteiger charge is -2.09. The quantitative estimate of drug-likeness (QED) is 0.176. The van der Waals surface area contributed by atoms with Gasteiger partial charge in [0.25, 0.3) is 0 Å². The summed E-state index contributed by atoms with van der Waals surface area (Å²) < 4.78 is 23.0. The Bertz CT molecular complexity index is 8160. The molecule has 0 aliphatic heterocycles. The minimum Gasteiger partial charge on any atom is -0.456 e. The molecule has 21 aromatic carbocycles. The highest BCUT2D eigenvalue weighted by molar-refractivity contribution is 6.09. The van der Waals surface area contributed by atoms with Gasteiger partial charge in [0.2, 0.25) is 0 Å². The molecule has 4 heterocycles. The van der Waals surface area contributed by atoms with Gasteiger partial charge < -0.3 is 17.7 Å². The first kappa shape index (κ1) is 88.9. The van der Waals surface area contributed by atoms with Crippen LogP contribution in [0.3, 0.4) is 0 Å². The van der Waals surface area contributed by atoms with Gasteiger partial charge >= 0.3 is 0 Å². The van der Waals surface area contributed by atoms with E-state index < -0.39 is 0 Å². The van der Waals surface area contributed by atoms with Crippen molar-refractivity contribution in [3.05, 3.63) is 516 Å². The standard InChI is InChI=1S/4C17H14.4C13H10O.C9H12/c1-13-7-5-12-17-15(13)10-6-11-16(17)14-8-3-2-4-9-14;1-13-11-12-16(14-7-3-2-4-8-14)17-10-6-5-9-15(13)17;1-13-7-8-17-12-16(10-9-15(17)11-13)14-5-3-2-4-6-14;1-13-7-8-15-9-10-16(12-17(15)11-13)14-5-3-2-4-6-14;1-9-5-4-7-11-10-6-2-3-8-12(10)14-13(9)11;1-9-5-4-8-12-13(9)10-6-2-3-7-11(10)14-12;1-9-6-7-13-11(8-9)10-4-2-3-5-12(10)14-13;1-9-6-7-11-10-4-2-3-5-12(10)14-13(11)8-9;1-7-4-8(2)6-9(3)5-7/h4*2-12H,1H3;4*2-8H,1H3;4-6H,1-3H3. The fourth-order valence-corrected chi connectivity index (χ4v) is 17.7. The minimum absolute atomic E-state index is 0.966. The first-order valence-electron chi connectivity index (χ1n) is 45.7. The summed E-state index contributed by atoms with van der Waals surface area (Å²) in [7, 11) is 0. The maximum Gasteiger partial charge on any atom is 0.138 e. The Morgan fingerprint density at radius 1 is 0.135 bits per heavy atom. The topological polar surface area (TPSA) is 52.6 Å². The predicted octanol–water partition coefficient (Wildman–Crippen LogP) is 37.5. The second-order valence-electron chi connectivity index (χ2n) is 34.5. The van der Waals surface area contributed by atoms with Gasteiger partial charge in [0.1, 0.15) is 44.7 Å². The van der Waals surface area contributed by atoms with Gasteiger partial charge in [0.05, 0.1) is 0 Å². The third-order valence-corrected chi connectivity index (χ3v) is 24.3. The maximum absolute atomic E-state index is 5.78. The van der Waals surface area contributed by atoms with Crippen LogP contribution in [0.5, 0.6) is 0 Å². The molecular weight excluding hydrogens is 1610 g/mol. The summed E-state index contributed by atoms with van der Waals surface area (Å²) in [5.41, 5.74) is 32.4. The van der Waals surface area contributed by atoms with Crippen LogP contribution in [0.25, 0.3) is 175 Å². The lowest BCUT2D eigenvalue weighted by atomic mass is 9.96. The molecule has 0 spiro atoms. The van der Waals surface area contributed by atoms with Crippen LogP contribution in [0.4, 0.5) is 0 Å². The Morgan fingerprint density at radius 3 is 1.07 bits per heavy atom. The Kier molecular flexibility index (Phi) is 27.7. The van der Waals surface area contributed by atoms with Gasteiger partial charge in [-0.3, -0.25) is 0 Å². The van der Waals surface area contributed by atoms with Crippen LogP contribution < -0.4 is 0 Å². The molecule has 4 nitrogen and oxygen atoms in total. The summed E-state index contributed by atoms with van der Waals surface area (Å²) in [5, 5.41) is 20.2. The Morgan fingerprint density at radius 2 is 0.474 bits per heavy atom. The molecule has 0 unspecified atom stereocenters. The molecule has 4 heteroatoms. The zero-order valence-corrected chi connectivity index (χ0v) is 77.4. The zero-order valence-electron chi connectivity index (χ0n) is 77.4. The summed E-state index contributed by atoms with van der Waals surface area (Å²) in [4.78, 5) is 0. The number of fused-ring (bicyclic) bond motifs is 16. The van der Waals surface area contributed by atoms with Crippen LogP contribution >= 0.6 is 0 Å².